The van der Waals surface area contributed by atoms with Crippen LogP contribution in [0.3, 0.4) is 0 Å². The summed E-state index contributed by atoms with van der Waals surface area (Å²) < 4.78 is 7.31. The van der Waals surface area contributed by atoms with Gasteiger partial charge in [0, 0.05) is 18.8 Å². The molecule has 0 aliphatic carbocycles. The fraction of sp³-hybridized carbons (Fsp3) is 0.250. The van der Waals surface area contributed by atoms with Gasteiger partial charge in [-0.3, -0.25) is 0 Å². The molecule has 15 heavy (non-hydrogen) atoms. The maximum Gasteiger partial charge on any atom is 0.119 e. The number of nitrogens with zero attached hydrogens (tertiary/aromatic N) is 2. The van der Waals surface area contributed by atoms with Crippen LogP contribution in [-0.4, -0.2) is 16.2 Å². The fourth-order valence-corrected chi connectivity index (χ4v) is 1.45. The van der Waals surface area contributed by atoms with E-state index >= 15 is 0 Å². The molecule has 0 aliphatic heterocycles. The Kier molecular flexibility index (Phi) is 2.72. The van der Waals surface area contributed by atoms with E-state index in [1.54, 1.807) is 6.33 Å². The summed E-state index contributed by atoms with van der Waals surface area (Å²) >= 11 is 0. The van der Waals surface area contributed by atoms with Gasteiger partial charge in [0.2, 0.25) is 0 Å². The van der Waals surface area contributed by atoms with Gasteiger partial charge in [0.15, 0.2) is 0 Å². The maximum atomic E-state index is 5.38. The van der Waals surface area contributed by atoms with Gasteiger partial charge in [0.05, 0.1) is 18.6 Å². The number of benzene rings is 1. The van der Waals surface area contributed by atoms with Crippen molar-refractivity contribution in [3.05, 3.63) is 36.8 Å². The van der Waals surface area contributed by atoms with Gasteiger partial charge in [-0.05, 0) is 31.2 Å². The predicted molar refractivity (Wildman–Crippen MR) is 59.8 cm³/mol. The van der Waals surface area contributed by atoms with E-state index in [4.69, 9.17) is 4.74 Å². The molecule has 0 amide bonds. The Hall–Kier alpha value is -1.77. The molecular weight excluding hydrogens is 188 g/mol. The van der Waals surface area contributed by atoms with E-state index in [2.05, 4.69) is 4.98 Å². The van der Waals surface area contributed by atoms with Crippen LogP contribution in [0.4, 0.5) is 0 Å². The molecule has 2 aromatic rings. The summed E-state index contributed by atoms with van der Waals surface area (Å²) in [5.74, 6) is 0.900. The lowest BCUT2D eigenvalue weighted by Gasteiger charge is -2.02. The largest absolute Gasteiger partial charge is 0.494 e. The Morgan fingerprint density at radius 3 is 2.53 bits per heavy atom. The first-order chi connectivity index (χ1) is 7.29. The van der Waals surface area contributed by atoms with Crippen LogP contribution < -0.4 is 4.74 Å². The predicted octanol–water partition coefficient (Wildman–Crippen LogP) is 2.49. The summed E-state index contributed by atoms with van der Waals surface area (Å²) in [5.41, 5.74) is 2.10. The monoisotopic (exact) mass is 202 g/mol. The lowest BCUT2D eigenvalue weighted by Crippen LogP contribution is -1.90. The zero-order valence-electron chi connectivity index (χ0n) is 8.97. The van der Waals surface area contributed by atoms with Crippen LogP contribution in [0.5, 0.6) is 5.75 Å². The fourth-order valence-electron chi connectivity index (χ4n) is 1.45. The molecule has 3 heteroatoms. The molecule has 0 radical (unpaired) electrons. The molecule has 0 spiro atoms. The highest BCUT2D eigenvalue weighted by Gasteiger charge is 2.00. The third-order valence-electron chi connectivity index (χ3n) is 2.17. The summed E-state index contributed by atoms with van der Waals surface area (Å²) in [5, 5.41) is 0. The van der Waals surface area contributed by atoms with Gasteiger partial charge in [-0.2, -0.15) is 0 Å². The standard InChI is InChI=1S/C12H14N2O/c1-3-15-11-6-4-10(5-7-11)12-8-14(2)9-13-12/h4-9H,3H2,1-2H3. The minimum Gasteiger partial charge on any atom is -0.494 e. The zero-order valence-corrected chi connectivity index (χ0v) is 8.97. The molecule has 1 aromatic heterocycles. The van der Waals surface area contributed by atoms with Crippen molar-refractivity contribution in [2.24, 2.45) is 7.05 Å². The van der Waals surface area contributed by atoms with Crippen molar-refractivity contribution in [1.29, 1.82) is 0 Å². The Balaban J connectivity index is 2.23. The van der Waals surface area contributed by atoms with Crippen LogP contribution in [0.2, 0.25) is 0 Å². The second-order valence-corrected chi connectivity index (χ2v) is 3.38. The average molecular weight is 202 g/mol. The van der Waals surface area contributed by atoms with E-state index < -0.39 is 0 Å². The van der Waals surface area contributed by atoms with Crippen LogP contribution in [0.1, 0.15) is 6.92 Å². The van der Waals surface area contributed by atoms with Crippen molar-refractivity contribution < 1.29 is 4.74 Å². The van der Waals surface area contributed by atoms with Crippen molar-refractivity contribution in [3.63, 3.8) is 0 Å². The number of hydrogen-bond donors (Lipinski definition) is 0. The van der Waals surface area contributed by atoms with Gasteiger partial charge < -0.3 is 9.30 Å². The maximum absolute atomic E-state index is 5.38. The van der Waals surface area contributed by atoms with Gasteiger partial charge in [0.1, 0.15) is 5.75 Å². The Morgan fingerprint density at radius 1 is 1.27 bits per heavy atom. The lowest BCUT2D eigenvalue weighted by molar-refractivity contribution is 0.340. The molecule has 0 fully saturated rings. The van der Waals surface area contributed by atoms with E-state index in [0.717, 1.165) is 17.0 Å². The van der Waals surface area contributed by atoms with Crippen LogP contribution in [0.15, 0.2) is 36.8 Å². The molecule has 0 N–H and O–H groups in total. The molecule has 78 valence electrons. The highest BCUT2D eigenvalue weighted by molar-refractivity contribution is 5.59. The summed E-state index contributed by atoms with van der Waals surface area (Å²) in [6.07, 6.45) is 3.79. The molecule has 1 heterocycles. The normalized spacial score (nSPS) is 10.3. The van der Waals surface area contributed by atoms with Crippen molar-refractivity contribution in [2.45, 2.75) is 6.92 Å². The van der Waals surface area contributed by atoms with Gasteiger partial charge >= 0.3 is 0 Å². The first kappa shape index (κ1) is 9.77. The van der Waals surface area contributed by atoms with Crippen LogP contribution in [-0.2, 0) is 7.05 Å². The first-order valence-corrected chi connectivity index (χ1v) is 5.01. The minimum atomic E-state index is 0.697. The zero-order chi connectivity index (χ0) is 10.7. The number of imidazole rings is 1. The van der Waals surface area contributed by atoms with Gasteiger partial charge in [0.25, 0.3) is 0 Å². The Labute approximate surface area is 89.3 Å². The highest BCUT2D eigenvalue weighted by Crippen LogP contribution is 2.20. The molecule has 0 saturated heterocycles. The molecule has 0 aliphatic rings. The number of rotatable bonds is 3. The van der Waals surface area contributed by atoms with Crippen molar-refractivity contribution in [2.75, 3.05) is 6.61 Å². The molecule has 0 atom stereocenters. The SMILES string of the molecule is CCOc1ccc(-c2cn(C)cn2)cc1. The lowest BCUT2D eigenvalue weighted by atomic mass is 10.2. The van der Waals surface area contributed by atoms with Crippen LogP contribution >= 0.6 is 0 Å². The first-order valence-electron chi connectivity index (χ1n) is 5.01. The molecule has 0 bridgehead atoms. The van der Waals surface area contributed by atoms with Crippen molar-refractivity contribution in [1.82, 2.24) is 9.55 Å². The summed E-state index contributed by atoms with van der Waals surface area (Å²) in [6.45, 7) is 2.68. The summed E-state index contributed by atoms with van der Waals surface area (Å²) in [7, 11) is 1.96. The average Bonchev–Trinajstić information content (AvgIpc) is 2.67. The number of aryl methyl sites for hydroxylation is 1. The smallest absolute Gasteiger partial charge is 0.119 e. The van der Waals surface area contributed by atoms with E-state index in [0.29, 0.717) is 6.61 Å². The van der Waals surface area contributed by atoms with E-state index in [1.165, 1.54) is 0 Å². The third-order valence-corrected chi connectivity index (χ3v) is 2.17. The van der Waals surface area contributed by atoms with E-state index in [1.807, 2.05) is 49.0 Å². The van der Waals surface area contributed by atoms with Gasteiger partial charge in [-0.1, -0.05) is 0 Å². The third kappa shape index (κ3) is 2.18. The second-order valence-electron chi connectivity index (χ2n) is 3.38. The quantitative estimate of drug-likeness (QED) is 0.764. The number of aromatic nitrogens is 2. The van der Waals surface area contributed by atoms with Crippen molar-refractivity contribution in [3.8, 4) is 17.0 Å². The van der Waals surface area contributed by atoms with E-state index in [9.17, 15) is 0 Å². The molecular formula is C12H14N2O. The minimum absolute atomic E-state index is 0.697. The van der Waals surface area contributed by atoms with Gasteiger partial charge in [-0.15, -0.1) is 0 Å². The molecule has 1 aromatic carbocycles. The number of ether oxygens (including phenoxy) is 1. The van der Waals surface area contributed by atoms with Crippen molar-refractivity contribution >= 4 is 0 Å². The number of hydrogen-bond acceptors (Lipinski definition) is 2. The summed E-state index contributed by atoms with van der Waals surface area (Å²) in [6, 6.07) is 7.97. The Bertz CT molecular complexity index is 431. The highest BCUT2D eigenvalue weighted by atomic mass is 16.5. The van der Waals surface area contributed by atoms with Gasteiger partial charge in [-0.25, -0.2) is 4.98 Å². The molecule has 0 unspecified atom stereocenters. The Morgan fingerprint density at radius 2 is 2.00 bits per heavy atom. The molecule has 3 nitrogen and oxygen atoms in total. The molecule has 2 rings (SSSR count). The van der Waals surface area contributed by atoms with E-state index in [-0.39, 0.29) is 0 Å². The van der Waals surface area contributed by atoms with Crippen LogP contribution in [0.25, 0.3) is 11.3 Å². The summed E-state index contributed by atoms with van der Waals surface area (Å²) in [4.78, 5) is 4.28. The molecule has 0 saturated carbocycles. The second kappa shape index (κ2) is 4.17. The van der Waals surface area contributed by atoms with Crippen LogP contribution in [0, 0.1) is 0 Å². The topological polar surface area (TPSA) is 27.1 Å².